The van der Waals surface area contributed by atoms with Crippen molar-refractivity contribution < 1.29 is 8.42 Å². The first-order valence-corrected chi connectivity index (χ1v) is 8.60. The van der Waals surface area contributed by atoms with Gasteiger partial charge in [0.1, 0.15) is 5.82 Å². The average molecular weight is 301 g/mol. The molecule has 2 aromatic rings. The molecule has 0 unspecified atom stereocenters. The fraction of sp³-hybridized carbons (Fsp3) is 0.267. The van der Waals surface area contributed by atoms with Crippen molar-refractivity contribution >= 4 is 21.5 Å². The standard InChI is InChI=1S/C15H15N3O2S/c19-21(20)10-14(11-6-2-1-3-7-11)18-15(17-21)12-8-4-5-9-13(12)16-18/h1-3,6-7,10,17H,4-5,8-9H2. The number of aromatic nitrogens is 2. The quantitative estimate of drug-likeness (QED) is 0.879. The minimum Gasteiger partial charge on any atom is -0.263 e. The molecular weight excluding hydrogens is 286 g/mol. The maximum Gasteiger partial charge on any atom is 0.258 e. The molecule has 0 saturated heterocycles. The van der Waals surface area contributed by atoms with Crippen LogP contribution in [0.2, 0.25) is 0 Å². The normalized spacial score (nSPS) is 19.1. The summed E-state index contributed by atoms with van der Waals surface area (Å²) < 4.78 is 28.7. The van der Waals surface area contributed by atoms with Gasteiger partial charge >= 0.3 is 0 Å². The van der Waals surface area contributed by atoms with Gasteiger partial charge in [-0.15, -0.1) is 0 Å². The highest BCUT2D eigenvalue weighted by atomic mass is 32.2. The number of fused-ring (bicyclic) bond motifs is 3. The second-order valence-electron chi connectivity index (χ2n) is 5.41. The van der Waals surface area contributed by atoms with Crippen LogP contribution in [0.1, 0.15) is 29.7 Å². The lowest BCUT2D eigenvalue weighted by molar-refractivity contribution is 0.608. The van der Waals surface area contributed by atoms with Crippen molar-refractivity contribution in [2.45, 2.75) is 25.7 Å². The van der Waals surface area contributed by atoms with Gasteiger partial charge in [-0.05, 0) is 25.7 Å². The molecule has 0 saturated carbocycles. The number of aryl methyl sites for hydroxylation is 1. The number of hydrogen-bond acceptors (Lipinski definition) is 3. The second-order valence-corrected chi connectivity index (χ2v) is 6.94. The van der Waals surface area contributed by atoms with Crippen LogP contribution >= 0.6 is 0 Å². The molecule has 0 fully saturated rings. The van der Waals surface area contributed by atoms with E-state index in [1.807, 2.05) is 30.3 Å². The Morgan fingerprint density at radius 2 is 1.86 bits per heavy atom. The zero-order chi connectivity index (χ0) is 14.4. The van der Waals surface area contributed by atoms with Crippen LogP contribution in [-0.4, -0.2) is 18.2 Å². The number of sulfonamides is 1. The van der Waals surface area contributed by atoms with Crippen molar-refractivity contribution in [3.63, 3.8) is 0 Å². The summed E-state index contributed by atoms with van der Waals surface area (Å²) in [5.74, 6) is 0.617. The minimum atomic E-state index is -3.47. The first-order chi connectivity index (χ1) is 10.1. The predicted octanol–water partition coefficient (Wildman–Crippen LogP) is 2.36. The third kappa shape index (κ3) is 2.06. The van der Waals surface area contributed by atoms with Gasteiger partial charge in [-0.25, -0.2) is 13.1 Å². The fourth-order valence-corrected chi connectivity index (χ4v) is 4.06. The van der Waals surface area contributed by atoms with E-state index < -0.39 is 10.0 Å². The Hall–Kier alpha value is -2.08. The summed E-state index contributed by atoms with van der Waals surface area (Å²) in [5.41, 5.74) is 3.52. The summed E-state index contributed by atoms with van der Waals surface area (Å²) >= 11 is 0. The van der Waals surface area contributed by atoms with Gasteiger partial charge in [0.05, 0.1) is 16.8 Å². The molecule has 0 bridgehead atoms. The van der Waals surface area contributed by atoms with E-state index in [4.69, 9.17) is 0 Å². The van der Waals surface area contributed by atoms with Gasteiger partial charge < -0.3 is 0 Å². The second kappa shape index (κ2) is 4.46. The zero-order valence-corrected chi connectivity index (χ0v) is 12.2. The summed E-state index contributed by atoms with van der Waals surface area (Å²) in [7, 11) is -3.47. The zero-order valence-electron chi connectivity index (χ0n) is 11.4. The number of hydrogen-bond donors (Lipinski definition) is 1. The van der Waals surface area contributed by atoms with E-state index in [1.54, 1.807) is 4.68 Å². The molecule has 0 spiro atoms. The van der Waals surface area contributed by atoms with Gasteiger partial charge in [0, 0.05) is 11.1 Å². The maximum absolute atomic E-state index is 12.2. The smallest absolute Gasteiger partial charge is 0.258 e. The summed E-state index contributed by atoms with van der Waals surface area (Å²) in [6.07, 6.45) is 3.99. The van der Waals surface area contributed by atoms with Crippen LogP contribution in [0, 0.1) is 0 Å². The fourth-order valence-electron chi connectivity index (χ4n) is 2.99. The molecule has 1 aromatic carbocycles. The van der Waals surface area contributed by atoms with E-state index in [0.717, 1.165) is 42.5 Å². The van der Waals surface area contributed by atoms with Gasteiger partial charge in [-0.1, -0.05) is 30.3 Å². The Bertz CT molecular complexity index is 835. The minimum absolute atomic E-state index is 0.610. The average Bonchev–Trinajstić information content (AvgIpc) is 2.85. The molecule has 1 aromatic heterocycles. The SMILES string of the molecule is O=S1(=O)C=C(c2ccccc2)n2nc3c(c2N1)CCCC3. The molecule has 4 rings (SSSR count). The lowest BCUT2D eigenvalue weighted by Gasteiger charge is -2.19. The van der Waals surface area contributed by atoms with Crippen molar-refractivity contribution in [3.8, 4) is 0 Å². The number of benzene rings is 1. The van der Waals surface area contributed by atoms with Crippen molar-refractivity contribution in [1.82, 2.24) is 9.78 Å². The van der Waals surface area contributed by atoms with Crippen LogP contribution in [0.25, 0.3) is 5.70 Å². The molecule has 5 nitrogen and oxygen atoms in total. The Kier molecular flexibility index (Phi) is 2.68. The topological polar surface area (TPSA) is 64.0 Å². The molecule has 1 N–H and O–H groups in total. The summed E-state index contributed by atoms with van der Waals surface area (Å²) in [6.45, 7) is 0. The van der Waals surface area contributed by atoms with Gasteiger partial charge in [0.2, 0.25) is 0 Å². The molecule has 0 atom stereocenters. The molecule has 2 heterocycles. The summed E-state index contributed by atoms with van der Waals surface area (Å²) in [4.78, 5) is 0. The first kappa shape index (κ1) is 12.6. The highest BCUT2D eigenvalue weighted by Gasteiger charge is 2.29. The van der Waals surface area contributed by atoms with E-state index in [9.17, 15) is 8.42 Å². The van der Waals surface area contributed by atoms with Crippen molar-refractivity contribution in [2.75, 3.05) is 4.72 Å². The molecule has 1 aliphatic heterocycles. The molecular formula is C15H15N3O2S. The number of nitrogens with one attached hydrogen (secondary N) is 1. The Labute approximate surface area is 123 Å². The number of anilines is 1. The predicted molar refractivity (Wildman–Crippen MR) is 81.2 cm³/mol. The lowest BCUT2D eigenvalue weighted by atomic mass is 9.98. The summed E-state index contributed by atoms with van der Waals surface area (Å²) in [6, 6.07) is 9.50. The van der Waals surface area contributed by atoms with E-state index in [2.05, 4.69) is 9.82 Å². The third-order valence-corrected chi connectivity index (χ3v) is 4.97. The van der Waals surface area contributed by atoms with Gasteiger partial charge in [0.25, 0.3) is 10.0 Å². The van der Waals surface area contributed by atoms with Crippen molar-refractivity contribution in [3.05, 3.63) is 52.6 Å². The van der Waals surface area contributed by atoms with Crippen LogP contribution in [0.5, 0.6) is 0 Å². The third-order valence-electron chi connectivity index (χ3n) is 3.96. The monoisotopic (exact) mass is 301 g/mol. The van der Waals surface area contributed by atoms with Crippen molar-refractivity contribution in [1.29, 1.82) is 0 Å². The van der Waals surface area contributed by atoms with Crippen LogP contribution < -0.4 is 4.72 Å². The van der Waals surface area contributed by atoms with Crippen LogP contribution in [0.4, 0.5) is 5.82 Å². The highest BCUT2D eigenvalue weighted by Crippen LogP contribution is 2.35. The summed E-state index contributed by atoms with van der Waals surface area (Å²) in [5, 5.41) is 5.89. The van der Waals surface area contributed by atoms with E-state index in [-0.39, 0.29) is 0 Å². The molecule has 1 aliphatic carbocycles. The van der Waals surface area contributed by atoms with E-state index >= 15 is 0 Å². The molecule has 108 valence electrons. The van der Waals surface area contributed by atoms with Gasteiger partial charge in [0.15, 0.2) is 0 Å². The lowest BCUT2D eigenvalue weighted by Crippen LogP contribution is -2.21. The van der Waals surface area contributed by atoms with Gasteiger partial charge in [-0.2, -0.15) is 5.10 Å². The maximum atomic E-state index is 12.2. The van der Waals surface area contributed by atoms with E-state index in [1.165, 1.54) is 5.41 Å². The molecule has 0 radical (unpaired) electrons. The largest absolute Gasteiger partial charge is 0.263 e. The Balaban J connectivity index is 1.96. The Morgan fingerprint density at radius 3 is 2.67 bits per heavy atom. The first-order valence-electron chi connectivity index (χ1n) is 7.05. The number of nitrogens with zero attached hydrogens (tertiary/aromatic N) is 2. The van der Waals surface area contributed by atoms with Crippen LogP contribution in [-0.2, 0) is 22.9 Å². The molecule has 2 aliphatic rings. The van der Waals surface area contributed by atoms with E-state index in [0.29, 0.717) is 11.5 Å². The van der Waals surface area contributed by atoms with Crippen LogP contribution in [0.3, 0.4) is 0 Å². The van der Waals surface area contributed by atoms with Crippen molar-refractivity contribution in [2.24, 2.45) is 0 Å². The molecule has 21 heavy (non-hydrogen) atoms. The molecule has 0 amide bonds. The Morgan fingerprint density at radius 1 is 1.10 bits per heavy atom. The van der Waals surface area contributed by atoms with Gasteiger partial charge in [-0.3, -0.25) is 4.72 Å². The molecule has 6 heteroatoms. The highest BCUT2D eigenvalue weighted by molar-refractivity contribution is 7.95. The number of rotatable bonds is 1. The van der Waals surface area contributed by atoms with Crippen LogP contribution in [0.15, 0.2) is 35.7 Å².